The predicted octanol–water partition coefficient (Wildman–Crippen LogP) is 5.94. The molecule has 0 aliphatic rings. The fraction of sp³-hybridized carbons (Fsp3) is 0.240. The van der Waals surface area contributed by atoms with Gasteiger partial charge in [0.15, 0.2) is 14.6 Å². The highest BCUT2D eigenvalue weighted by Gasteiger charge is 2.53. The number of benzene rings is 3. The fourth-order valence-corrected chi connectivity index (χ4v) is 5.86. The first-order chi connectivity index (χ1) is 15.2. The molecule has 0 saturated carbocycles. The van der Waals surface area contributed by atoms with Gasteiger partial charge in [0, 0.05) is 12.8 Å². The van der Waals surface area contributed by atoms with Crippen LogP contribution >= 0.6 is 23.2 Å². The van der Waals surface area contributed by atoms with Gasteiger partial charge in [0.1, 0.15) is 0 Å². The minimum atomic E-state index is -4.26. The minimum absolute atomic E-state index is 0.0587. The van der Waals surface area contributed by atoms with Gasteiger partial charge in [0.05, 0.1) is 21.0 Å². The number of carbonyl (C=O) groups excluding carboxylic acids is 1. The van der Waals surface area contributed by atoms with E-state index in [9.17, 15) is 13.2 Å². The summed E-state index contributed by atoms with van der Waals surface area (Å²) >= 11 is 12.2. The van der Waals surface area contributed by atoms with E-state index >= 15 is 0 Å². The van der Waals surface area contributed by atoms with Crippen LogP contribution in [0.5, 0.6) is 0 Å². The summed E-state index contributed by atoms with van der Waals surface area (Å²) in [6, 6.07) is 22.2. The zero-order valence-electron chi connectivity index (χ0n) is 17.8. The van der Waals surface area contributed by atoms with Crippen molar-refractivity contribution in [1.29, 1.82) is 0 Å². The summed E-state index contributed by atoms with van der Waals surface area (Å²) in [6.45, 7) is 3.39. The molecule has 3 aromatic carbocycles. The lowest BCUT2D eigenvalue weighted by atomic mass is 9.91. The summed E-state index contributed by atoms with van der Waals surface area (Å²) in [6.07, 6.45) is -0.606. The van der Waals surface area contributed by atoms with E-state index in [1.54, 1.807) is 38.1 Å². The van der Waals surface area contributed by atoms with E-state index < -0.39 is 26.7 Å². The number of esters is 1. The van der Waals surface area contributed by atoms with Crippen molar-refractivity contribution in [3.63, 3.8) is 0 Å². The molecule has 0 bridgehead atoms. The molecule has 32 heavy (non-hydrogen) atoms. The molecule has 0 radical (unpaired) electrons. The summed E-state index contributed by atoms with van der Waals surface area (Å²) in [5.41, 5.74) is 1.40. The Morgan fingerprint density at radius 1 is 0.844 bits per heavy atom. The van der Waals surface area contributed by atoms with Gasteiger partial charge in [-0.25, -0.2) is 8.42 Å². The van der Waals surface area contributed by atoms with Crippen molar-refractivity contribution in [2.24, 2.45) is 0 Å². The zero-order valence-corrected chi connectivity index (χ0v) is 20.1. The maximum atomic E-state index is 14.1. The fourth-order valence-electron chi connectivity index (χ4n) is 3.55. The Morgan fingerprint density at radius 3 is 1.78 bits per heavy atom. The Hall–Kier alpha value is -2.34. The molecule has 4 nitrogen and oxygen atoms in total. The molecular formula is C25H24Cl2O4S. The lowest BCUT2D eigenvalue weighted by Gasteiger charge is -2.32. The molecule has 3 rings (SSSR count). The van der Waals surface area contributed by atoms with Crippen LogP contribution in [-0.4, -0.2) is 25.2 Å². The number of rotatable bonds is 8. The standard InChI is InChI=1S/C25H24Cl2O4S/c1-18(2)31-24(28)25(16-19-9-5-3-6-10-19,17-20-11-7-4-8-12-20)32(29,30)21-13-14-22(26)23(27)15-21/h3-15,18H,16-17H2,1-2H3. The molecule has 0 aliphatic carbocycles. The maximum absolute atomic E-state index is 14.1. The molecule has 0 spiro atoms. The predicted molar refractivity (Wildman–Crippen MR) is 128 cm³/mol. The van der Waals surface area contributed by atoms with Crippen molar-refractivity contribution in [1.82, 2.24) is 0 Å². The summed E-state index contributed by atoms with van der Waals surface area (Å²) in [5, 5.41) is 0.324. The molecule has 0 aromatic heterocycles. The lowest BCUT2D eigenvalue weighted by Crippen LogP contribution is -2.52. The Kier molecular flexibility index (Phi) is 7.65. The number of halogens is 2. The second-order valence-electron chi connectivity index (χ2n) is 7.85. The van der Waals surface area contributed by atoms with Crippen LogP contribution in [0.1, 0.15) is 25.0 Å². The largest absolute Gasteiger partial charge is 0.462 e. The van der Waals surface area contributed by atoms with Gasteiger partial charge in [-0.3, -0.25) is 4.79 Å². The van der Waals surface area contributed by atoms with E-state index in [4.69, 9.17) is 27.9 Å². The summed E-state index contributed by atoms with van der Waals surface area (Å²) < 4.78 is 31.9. The number of ether oxygens (including phenoxy) is 1. The average molecular weight is 491 g/mol. The average Bonchev–Trinajstić information content (AvgIpc) is 2.76. The number of sulfone groups is 1. The molecular weight excluding hydrogens is 467 g/mol. The normalized spacial score (nSPS) is 12.0. The van der Waals surface area contributed by atoms with E-state index in [0.29, 0.717) is 11.1 Å². The number of hydrogen-bond donors (Lipinski definition) is 0. The van der Waals surface area contributed by atoms with E-state index in [1.807, 2.05) is 36.4 Å². The van der Waals surface area contributed by atoms with Crippen molar-refractivity contribution in [3.05, 3.63) is 100 Å². The van der Waals surface area contributed by atoms with E-state index in [2.05, 4.69) is 0 Å². The molecule has 3 aromatic rings. The highest BCUT2D eigenvalue weighted by Crippen LogP contribution is 2.37. The molecule has 0 fully saturated rings. The van der Waals surface area contributed by atoms with Gasteiger partial charge in [-0.1, -0.05) is 83.9 Å². The molecule has 0 aliphatic heterocycles. The first-order valence-corrected chi connectivity index (χ1v) is 12.4. The quantitative estimate of drug-likeness (QED) is 0.366. The maximum Gasteiger partial charge on any atom is 0.328 e. The van der Waals surface area contributed by atoms with Gasteiger partial charge in [-0.05, 0) is 43.2 Å². The van der Waals surface area contributed by atoms with E-state index in [0.717, 1.165) is 0 Å². The van der Waals surface area contributed by atoms with Crippen molar-refractivity contribution >= 4 is 39.0 Å². The summed E-state index contributed by atoms with van der Waals surface area (Å²) in [5.74, 6) is -0.800. The van der Waals surface area contributed by atoms with Gasteiger partial charge in [0.2, 0.25) is 0 Å². The van der Waals surface area contributed by atoms with Gasteiger partial charge in [-0.2, -0.15) is 0 Å². The topological polar surface area (TPSA) is 60.4 Å². The summed E-state index contributed by atoms with van der Waals surface area (Å²) in [4.78, 5) is 13.5. The monoisotopic (exact) mass is 490 g/mol. The van der Waals surface area contributed by atoms with Crippen LogP contribution in [0.4, 0.5) is 0 Å². The highest BCUT2D eigenvalue weighted by atomic mass is 35.5. The zero-order chi connectivity index (χ0) is 23.4. The SMILES string of the molecule is CC(C)OC(=O)C(Cc1ccccc1)(Cc1ccccc1)S(=O)(=O)c1ccc(Cl)c(Cl)c1. The van der Waals surface area contributed by atoms with Gasteiger partial charge in [0.25, 0.3) is 0 Å². The number of hydrogen-bond acceptors (Lipinski definition) is 4. The molecule has 0 saturated heterocycles. The first kappa shape index (κ1) is 24.3. The number of carbonyl (C=O) groups is 1. The van der Waals surface area contributed by atoms with Crippen LogP contribution < -0.4 is 0 Å². The first-order valence-electron chi connectivity index (χ1n) is 10.1. The Labute approximate surface area is 199 Å². The lowest BCUT2D eigenvalue weighted by molar-refractivity contribution is -0.150. The third kappa shape index (κ3) is 5.17. The van der Waals surface area contributed by atoms with Crippen molar-refractivity contribution in [3.8, 4) is 0 Å². The van der Waals surface area contributed by atoms with Crippen LogP contribution in [0.3, 0.4) is 0 Å². The second-order valence-corrected chi connectivity index (χ2v) is 10.9. The molecule has 168 valence electrons. The van der Waals surface area contributed by atoms with Gasteiger partial charge < -0.3 is 4.74 Å². The van der Waals surface area contributed by atoms with Crippen LogP contribution in [-0.2, 0) is 32.2 Å². The van der Waals surface area contributed by atoms with Gasteiger partial charge in [-0.15, -0.1) is 0 Å². The Morgan fingerprint density at radius 2 is 1.34 bits per heavy atom. The summed E-state index contributed by atoms with van der Waals surface area (Å²) in [7, 11) is -4.26. The van der Waals surface area contributed by atoms with Crippen molar-refractivity contribution in [2.75, 3.05) is 0 Å². The Balaban J connectivity index is 2.26. The van der Waals surface area contributed by atoms with E-state index in [1.165, 1.54) is 18.2 Å². The molecule has 0 heterocycles. The van der Waals surface area contributed by atoms with Gasteiger partial charge >= 0.3 is 5.97 Å². The molecule has 0 N–H and O–H groups in total. The van der Waals surface area contributed by atoms with Crippen molar-refractivity contribution in [2.45, 2.75) is 42.4 Å². The third-order valence-electron chi connectivity index (χ3n) is 5.10. The molecule has 0 amide bonds. The van der Waals surface area contributed by atoms with Crippen LogP contribution in [0.25, 0.3) is 0 Å². The highest BCUT2D eigenvalue weighted by molar-refractivity contribution is 7.93. The molecule has 7 heteroatoms. The van der Waals surface area contributed by atoms with E-state index in [-0.39, 0.29) is 27.8 Å². The van der Waals surface area contributed by atoms with Crippen LogP contribution in [0, 0.1) is 0 Å². The Bertz CT molecular complexity index is 1140. The third-order valence-corrected chi connectivity index (χ3v) is 8.19. The second kappa shape index (κ2) is 10.1. The molecule has 0 atom stereocenters. The minimum Gasteiger partial charge on any atom is -0.462 e. The smallest absolute Gasteiger partial charge is 0.328 e. The van der Waals surface area contributed by atoms with Crippen molar-refractivity contribution < 1.29 is 17.9 Å². The molecule has 0 unspecified atom stereocenters. The van der Waals surface area contributed by atoms with Crippen LogP contribution in [0.15, 0.2) is 83.8 Å². The van der Waals surface area contributed by atoms with Crippen LogP contribution in [0.2, 0.25) is 10.0 Å².